The molecule has 8 nitrogen and oxygen atoms in total. The molecule has 2 aromatic rings. The van der Waals surface area contributed by atoms with Gasteiger partial charge in [0.1, 0.15) is 23.6 Å². The van der Waals surface area contributed by atoms with Gasteiger partial charge in [-0.15, -0.1) is 0 Å². The molecule has 0 bridgehead atoms. The van der Waals surface area contributed by atoms with Gasteiger partial charge in [-0.1, -0.05) is 0 Å². The van der Waals surface area contributed by atoms with Crippen LogP contribution in [0.3, 0.4) is 0 Å². The number of benzene rings is 1. The number of aliphatic hydroxyl groups is 1. The van der Waals surface area contributed by atoms with E-state index in [0.29, 0.717) is 24.5 Å². The van der Waals surface area contributed by atoms with Gasteiger partial charge in [-0.3, -0.25) is 5.41 Å². The lowest BCUT2D eigenvalue weighted by Gasteiger charge is -2.35. The summed E-state index contributed by atoms with van der Waals surface area (Å²) in [5.74, 6) is -0.0692. The van der Waals surface area contributed by atoms with Crippen LogP contribution in [0.1, 0.15) is 29.7 Å². The Morgan fingerprint density at radius 1 is 1.29 bits per heavy atom. The number of nitrogen functional groups attached to an aromatic ring is 1. The van der Waals surface area contributed by atoms with Crippen molar-refractivity contribution in [3.8, 4) is 0 Å². The first-order valence-corrected chi connectivity index (χ1v) is 9.75. The lowest BCUT2D eigenvalue weighted by atomic mass is 9.94. The van der Waals surface area contributed by atoms with E-state index in [9.17, 15) is 13.9 Å². The number of hydrogen-bond donors (Lipinski definition) is 5. The highest BCUT2D eigenvalue weighted by atomic mass is 19.1. The molecular weight excluding hydrogens is 404 g/mol. The number of aromatic nitrogens is 2. The van der Waals surface area contributed by atoms with E-state index in [1.807, 2.05) is 4.90 Å². The molecule has 1 aliphatic heterocycles. The Kier molecular flexibility index (Phi) is 6.59. The highest BCUT2D eigenvalue weighted by Gasteiger charge is 2.34. The van der Waals surface area contributed by atoms with Crippen molar-refractivity contribution in [2.75, 3.05) is 37.4 Å². The number of anilines is 2. The van der Waals surface area contributed by atoms with Gasteiger partial charge in [0.15, 0.2) is 0 Å². The minimum absolute atomic E-state index is 0.0246. The van der Waals surface area contributed by atoms with Crippen LogP contribution in [0.2, 0.25) is 0 Å². The molecule has 31 heavy (non-hydrogen) atoms. The zero-order valence-corrected chi connectivity index (χ0v) is 17.1. The molecule has 1 fully saturated rings. The zero-order valence-electron chi connectivity index (χ0n) is 17.1. The van der Waals surface area contributed by atoms with E-state index in [-0.39, 0.29) is 41.1 Å². The highest BCUT2D eigenvalue weighted by Crippen LogP contribution is 2.29. The lowest BCUT2D eigenvalue weighted by Crippen LogP contribution is -2.44. The fourth-order valence-corrected chi connectivity index (χ4v) is 3.47. The Balaban J connectivity index is 1.91. The molecular formula is C21H25F2N7O. The number of hydrogen-bond acceptors (Lipinski definition) is 8. The van der Waals surface area contributed by atoms with Crippen LogP contribution in [0.5, 0.6) is 0 Å². The first-order chi connectivity index (χ1) is 14.8. The molecule has 0 aliphatic carbocycles. The second-order valence-electron chi connectivity index (χ2n) is 7.38. The van der Waals surface area contributed by atoms with Crippen LogP contribution in [-0.2, 0) is 0 Å². The number of piperidine rings is 1. The Bertz CT molecular complexity index is 1020. The quantitative estimate of drug-likeness (QED) is 0.338. The Hall–Kier alpha value is -3.40. The van der Waals surface area contributed by atoms with E-state index in [1.54, 1.807) is 13.1 Å². The van der Waals surface area contributed by atoms with Crippen molar-refractivity contribution < 1.29 is 13.9 Å². The topological polar surface area (TPSA) is 135 Å². The number of rotatable bonds is 7. The van der Waals surface area contributed by atoms with Crippen LogP contribution in [0, 0.1) is 16.6 Å². The maximum absolute atomic E-state index is 14.5. The molecule has 0 atom stereocenters. The van der Waals surface area contributed by atoms with E-state index in [4.69, 9.17) is 16.6 Å². The van der Waals surface area contributed by atoms with Crippen molar-refractivity contribution in [1.82, 2.24) is 15.3 Å². The molecule has 1 saturated heterocycles. The maximum Gasteiger partial charge on any atom is 0.137 e. The molecule has 10 heteroatoms. The van der Waals surface area contributed by atoms with Crippen molar-refractivity contribution in [3.63, 3.8) is 0 Å². The van der Waals surface area contributed by atoms with Gasteiger partial charge < -0.3 is 26.5 Å². The van der Waals surface area contributed by atoms with Crippen LogP contribution in [0.25, 0.3) is 5.57 Å². The monoisotopic (exact) mass is 429 g/mol. The van der Waals surface area contributed by atoms with E-state index in [2.05, 4.69) is 15.3 Å². The van der Waals surface area contributed by atoms with Crippen molar-refractivity contribution in [2.24, 2.45) is 0 Å². The van der Waals surface area contributed by atoms with Crippen LogP contribution in [-0.4, -0.2) is 59.4 Å². The summed E-state index contributed by atoms with van der Waals surface area (Å²) in [5, 5.41) is 28.1. The highest BCUT2D eigenvalue weighted by molar-refractivity contribution is 6.15. The number of nitrogens with two attached hydrogens (primary N) is 1. The summed E-state index contributed by atoms with van der Waals surface area (Å²) < 4.78 is 28.7. The summed E-state index contributed by atoms with van der Waals surface area (Å²) in [6.07, 6.45) is 4.16. The van der Waals surface area contributed by atoms with Crippen molar-refractivity contribution in [3.05, 3.63) is 53.4 Å². The Morgan fingerprint density at radius 2 is 2.00 bits per heavy atom. The number of allylic oxidation sites excluding steroid dienone is 1. The predicted molar refractivity (Wildman–Crippen MR) is 117 cm³/mol. The normalized spacial score (nSPS) is 16.1. The van der Waals surface area contributed by atoms with Gasteiger partial charge in [0.25, 0.3) is 0 Å². The summed E-state index contributed by atoms with van der Waals surface area (Å²) in [5.41, 5.74) is 5.43. The molecule has 164 valence electrons. The number of halogens is 2. The molecule has 0 unspecified atom stereocenters. The standard InChI is InChI=1S/C21H25F2N7O/c1-27-10-13(9-24)14-6-15(17(25)7-16(14)22)20(26)18-8-19(29-12-28-18)30-4-2-21(23,11-31)3-5-30/h6-10,12,24,26-27,31H,2-5,11,25H2,1H3/b13-10+,24-9?,26-20?. The molecule has 1 aliphatic rings. The van der Waals surface area contributed by atoms with Crippen LogP contribution < -0.4 is 16.0 Å². The van der Waals surface area contributed by atoms with E-state index < -0.39 is 18.1 Å². The van der Waals surface area contributed by atoms with E-state index in [0.717, 1.165) is 12.3 Å². The molecule has 0 spiro atoms. The molecule has 1 aromatic carbocycles. The molecule has 0 radical (unpaired) electrons. The van der Waals surface area contributed by atoms with Crippen LogP contribution in [0.4, 0.5) is 20.3 Å². The van der Waals surface area contributed by atoms with Gasteiger partial charge in [-0.05, 0) is 12.1 Å². The summed E-state index contributed by atoms with van der Waals surface area (Å²) in [6.45, 7) is 0.245. The molecule has 3 rings (SSSR count). The molecule has 1 aromatic heterocycles. The second-order valence-corrected chi connectivity index (χ2v) is 7.38. The zero-order chi connectivity index (χ0) is 22.6. The number of nitrogens with zero attached hydrogens (tertiary/aromatic N) is 3. The number of aliphatic hydroxyl groups excluding tert-OH is 1. The van der Waals surface area contributed by atoms with Gasteiger partial charge in [0.05, 0.1) is 18.0 Å². The third kappa shape index (κ3) is 4.69. The average Bonchev–Trinajstić information content (AvgIpc) is 2.78. The third-order valence-electron chi connectivity index (χ3n) is 5.35. The summed E-state index contributed by atoms with van der Waals surface area (Å²) in [7, 11) is 1.64. The van der Waals surface area contributed by atoms with Crippen molar-refractivity contribution in [2.45, 2.75) is 18.5 Å². The second kappa shape index (κ2) is 9.17. The largest absolute Gasteiger partial charge is 0.398 e. The SMILES string of the molecule is CN/C=C(\C=N)c1cc(C(=N)c2cc(N3CCC(F)(CO)CC3)ncn2)c(N)cc1F. The van der Waals surface area contributed by atoms with Crippen LogP contribution in [0.15, 0.2) is 30.7 Å². The lowest BCUT2D eigenvalue weighted by molar-refractivity contribution is 0.0480. The van der Waals surface area contributed by atoms with Gasteiger partial charge >= 0.3 is 0 Å². The molecule has 0 saturated carbocycles. The molecule has 6 N–H and O–H groups in total. The first kappa shape index (κ1) is 22.3. The van der Waals surface area contributed by atoms with Gasteiger partial charge in [0, 0.05) is 73.8 Å². The van der Waals surface area contributed by atoms with E-state index in [1.165, 1.54) is 18.6 Å². The van der Waals surface area contributed by atoms with Crippen molar-refractivity contribution >= 4 is 29.0 Å². The van der Waals surface area contributed by atoms with Gasteiger partial charge in [0.2, 0.25) is 0 Å². The minimum Gasteiger partial charge on any atom is -0.398 e. The number of alkyl halides is 1. The van der Waals surface area contributed by atoms with Crippen molar-refractivity contribution in [1.29, 1.82) is 10.8 Å². The summed E-state index contributed by atoms with van der Waals surface area (Å²) in [4.78, 5) is 10.2. The van der Waals surface area contributed by atoms with Gasteiger partial charge in [-0.25, -0.2) is 18.7 Å². The third-order valence-corrected chi connectivity index (χ3v) is 5.35. The smallest absolute Gasteiger partial charge is 0.137 e. The fourth-order valence-electron chi connectivity index (χ4n) is 3.47. The number of nitrogens with one attached hydrogen (secondary N) is 3. The Labute approximate surface area is 178 Å². The average molecular weight is 429 g/mol. The predicted octanol–water partition coefficient (Wildman–Crippen LogP) is 2.12. The maximum atomic E-state index is 14.5. The summed E-state index contributed by atoms with van der Waals surface area (Å²) in [6, 6.07) is 4.15. The summed E-state index contributed by atoms with van der Waals surface area (Å²) >= 11 is 0. The van der Waals surface area contributed by atoms with Gasteiger partial charge in [-0.2, -0.15) is 0 Å². The van der Waals surface area contributed by atoms with E-state index >= 15 is 0 Å². The minimum atomic E-state index is -1.58. The van der Waals surface area contributed by atoms with Crippen LogP contribution >= 0.6 is 0 Å². The fraction of sp³-hybridized carbons (Fsp3) is 0.333. The molecule has 2 heterocycles. The Morgan fingerprint density at radius 3 is 2.61 bits per heavy atom. The molecule has 0 amide bonds. The first-order valence-electron chi connectivity index (χ1n) is 9.75.